The number of hydrogen-bond acceptors (Lipinski definition) is 3. The third-order valence-corrected chi connectivity index (χ3v) is 6.45. The number of nitrogens with two attached hydrogens (primary N) is 1. The molecule has 0 saturated carbocycles. The Labute approximate surface area is 199 Å². The first kappa shape index (κ1) is 24.6. The maximum Gasteiger partial charge on any atom is 0.115 e. The normalized spacial score (nSPS) is 11.7. The molecule has 0 heterocycles. The molecule has 33 heavy (non-hydrogen) atoms. The Bertz CT molecular complexity index is 1080. The molecule has 174 valence electrons. The molecule has 3 nitrogen and oxygen atoms in total. The number of nitrogen functional groups attached to an aromatic ring is 1. The summed E-state index contributed by atoms with van der Waals surface area (Å²) >= 11 is 0. The second-order valence-electron chi connectivity index (χ2n) is 8.64. The lowest BCUT2D eigenvalue weighted by molar-refractivity contribution is 0.475. The smallest absolute Gasteiger partial charge is 0.115 e. The summed E-state index contributed by atoms with van der Waals surface area (Å²) in [7, 11) is 0. The van der Waals surface area contributed by atoms with Gasteiger partial charge in [0.2, 0.25) is 0 Å². The summed E-state index contributed by atoms with van der Waals surface area (Å²) in [4.78, 5) is 5.15. The summed E-state index contributed by atoms with van der Waals surface area (Å²) in [6.07, 6.45) is 5.53. The van der Waals surface area contributed by atoms with E-state index < -0.39 is 0 Å². The summed E-state index contributed by atoms with van der Waals surface area (Å²) in [6.45, 7) is 10.9. The van der Waals surface area contributed by atoms with Crippen molar-refractivity contribution in [1.82, 2.24) is 0 Å². The molecule has 0 aliphatic carbocycles. The Hall–Kier alpha value is -3.07. The third kappa shape index (κ3) is 5.65. The fourth-order valence-electron chi connectivity index (χ4n) is 4.53. The Kier molecular flexibility index (Phi) is 8.32. The summed E-state index contributed by atoms with van der Waals surface area (Å²) < 4.78 is 0. The molecule has 3 aromatic rings. The Morgan fingerprint density at radius 2 is 1.18 bits per heavy atom. The number of phenols is 1. The largest absolute Gasteiger partial charge is 0.508 e. The zero-order valence-corrected chi connectivity index (χ0v) is 20.8. The third-order valence-electron chi connectivity index (χ3n) is 6.45. The molecule has 0 unspecified atom stereocenters. The summed E-state index contributed by atoms with van der Waals surface area (Å²) in [5.74, 6) is 0.280. The number of nitrogens with zero attached hydrogens (tertiary/aromatic N) is 1. The highest BCUT2D eigenvalue weighted by Crippen LogP contribution is 2.31. The number of phenolic OH excluding ortho intramolecular Hbond substituents is 1. The summed E-state index contributed by atoms with van der Waals surface area (Å²) in [6, 6.07) is 16.6. The van der Waals surface area contributed by atoms with Crippen LogP contribution in [0.5, 0.6) is 5.75 Å². The van der Waals surface area contributed by atoms with Crippen LogP contribution in [0.2, 0.25) is 0 Å². The van der Waals surface area contributed by atoms with E-state index in [1.807, 2.05) is 12.1 Å². The molecular weight excluding hydrogens is 404 g/mol. The van der Waals surface area contributed by atoms with Gasteiger partial charge in [0, 0.05) is 11.4 Å². The van der Waals surface area contributed by atoms with Crippen LogP contribution in [-0.4, -0.2) is 10.8 Å². The minimum Gasteiger partial charge on any atom is -0.508 e. The van der Waals surface area contributed by atoms with Crippen LogP contribution in [0.15, 0.2) is 53.5 Å². The van der Waals surface area contributed by atoms with Gasteiger partial charge in [0.1, 0.15) is 5.75 Å². The molecule has 0 amide bonds. The van der Waals surface area contributed by atoms with Gasteiger partial charge in [-0.25, -0.2) is 0 Å². The number of rotatable bonds is 9. The molecule has 0 fully saturated rings. The maximum absolute atomic E-state index is 9.65. The average Bonchev–Trinajstić information content (AvgIpc) is 2.84. The lowest BCUT2D eigenvalue weighted by atomic mass is 9.92. The average molecular weight is 443 g/mol. The van der Waals surface area contributed by atoms with E-state index in [0.29, 0.717) is 0 Å². The fourth-order valence-corrected chi connectivity index (χ4v) is 4.53. The van der Waals surface area contributed by atoms with E-state index in [-0.39, 0.29) is 5.75 Å². The van der Waals surface area contributed by atoms with E-state index in [4.69, 9.17) is 10.7 Å². The monoisotopic (exact) mass is 442 g/mol. The van der Waals surface area contributed by atoms with Gasteiger partial charge < -0.3 is 10.8 Å². The fraction of sp³-hybridized carbons (Fsp3) is 0.367. The molecule has 0 saturated heterocycles. The number of benzene rings is 3. The molecule has 0 atom stereocenters. The molecule has 0 aliphatic rings. The summed E-state index contributed by atoms with van der Waals surface area (Å²) in [5.41, 5.74) is 18.3. The molecule has 3 rings (SSSR count). The number of aryl methyl sites for hydroxylation is 4. The van der Waals surface area contributed by atoms with Crippen LogP contribution in [0.3, 0.4) is 0 Å². The maximum atomic E-state index is 9.65. The van der Waals surface area contributed by atoms with Crippen LogP contribution in [0, 0.1) is 0 Å². The standard InChI is InChI=1S/C30H38N2O/c1-6-22-16-20(17-23(7-2)29(22)31)15-21-18-24(8-3)30(25(9-4)19-21)32-28(10-5)26-11-13-27(33)14-12-26/h11-14,16-19,33H,6-10,15,31H2,1-5H3/b32-28+. The topological polar surface area (TPSA) is 58.6 Å². The van der Waals surface area contributed by atoms with Gasteiger partial charge in [-0.15, -0.1) is 0 Å². The lowest BCUT2D eigenvalue weighted by Crippen LogP contribution is -2.03. The molecular formula is C30H38N2O. The SMILES string of the molecule is CC/C(=N\c1c(CC)cc(Cc2cc(CC)c(N)c(CC)c2)cc1CC)c1ccc(O)cc1. The lowest BCUT2D eigenvalue weighted by Gasteiger charge is -2.16. The van der Waals surface area contributed by atoms with E-state index in [9.17, 15) is 5.11 Å². The molecule has 0 bridgehead atoms. The van der Waals surface area contributed by atoms with E-state index in [1.54, 1.807) is 12.1 Å². The van der Waals surface area contributed by atoms with Crippen molar-refractivity contribution in [3.05, 3.63) is 87.5 Å². The Morgan fingerprint density at radius 1 is 0.727 bits per heavy atom. The van der Waals surface area contributed by atoms with Gasteiger partial charge in [-0.2, -0.15) is 0 Å². The zero-order valence-electron chi connectivity index (χ0n) is 20.8. The first-order valence-corrected chi connectivity index (χ1v) is 12.4. The van der Waals surface area contributed by atoms with Gasteiger partial charge in [-0.05, 0) is 102 Å². The van der Waals surface area contributed by atoms with E-state index in [1.165, 1.54) is 33.4 Å². The molecule has 3 heteroatoms. The molecule has 3 N–H and O–H groups in total. The molecule has 0 spiro atoms. The highest BCUT2D eigenvalue weighted by atomic mass is 16.3. The van der Waals surface area contributed by atoms with Crippen LogP contribution < -0.4 is 5.73 Å². The van der Waals surface area contributed by atoms with Crippen molar-refractivity contribution in [2.24, 2.45) is 4.99 Å². The highest BCUT2D eigenvalue weighted by molar-refractivity contribution is 6.02. The van der Waals surface area contributed by atoms with Crippen LogP contribution >= 0.6 is 0 Å². The van der Waals surface area contributed by atoms with E-state index in [2.05, 4.69) is 58.9 Å². The van der Waals surface area contributed by atoms with Gasteiger partial charge in [0.25, 0.3) is 0 Å². The van der Waals surface area contributed by atoms with Crippen LogP contribution in [0.4, 0.5) is 11.4 Å². The van der Waals surface area contributed by atoms with Crippen molar-refractivity contribution in [3.63, 3.8) is 0 Å². The van der Waals surface area contributed by atoms with Crippen LogP contribution in [0.25, 0.3) is 0 Å². The predicted octanol–water partition coefficient (Wildman–Crippen LogP) is 7.35. The van der Waals surface area contributed by atoms with Crippen molar-refractivity contribution < 1.29 is 5.11 Å². The Morgan fingerprint density at radius 3 is 1.61 bits per heavy atom. The Balaban J connectivity index is 2.04. The second kappa shape index (κ2) is 11.2. The predicted molar refractivity (Wildman–Crippen MR) is 142 cm³/mol. The molecule has 3 aromatic carbocycles. The number of hydrogen-bond donors (Lipinski definition) is 2. The number of aliphatic imine (C=N–C) groups is 1. The van der Waals surface area contributed by atoms with Gasteiger partial charge in [0.15, 0.2) is 0 Å². The second-order valence-corrected chi connectivity index (χ2v) is 8.64. The summed E-state index contributed by atoms with van der Waals surface area (Å²) in [5, 5.41) is 9.65. The van der Waals surface area contributed by atoms with Crippen molar-refractivity contribution in [1.29, 1.82) is 0 Å². The first-order chi connectivity index (χ1) is 15.9. The van der Waals surface area contributed by atoms with Crippen molar-refractivity contribution in [2.45, 2.75) is 73.1 Å². The van der Waals surface area contributed by atoms with Crippen molar-refractivity contribution in [3.8, 4) is 5.75 Å². The van der Waals surface area contributed by atoms with Crippen molar-refractivity contribution >= 4 is 17.1 Å². The van der Waals surface area contributed by atoms with Gasteiger partial charge in [-0.1, -0.05) is 58.9 Å². The first-order valence-electron chi connectivity index (χ1n) is 12.4. The van der Waals surface area contributed by atoms with Crippen LogP contribution in [-0.2, 0) is 32.1 Å². The molecule has 0 aliphatic heterocycles. The number of anilines is 1. The minimum absolute atomic E-state index is 0.280. The zero-order chi connectivity index (χ0) is 24.0. The van der Waals surface area contributed by atoms with Crippen LogP contribution in [0.1, 0.15) is 80.0 Å². The molecule has 0 radical (unpaired) electrons. The van der Waals surface area contributed by atoms with Gasteiger partial charge >= 0.3 is 0 Å². The van der Waals surface area contributed by atoms with Gasteiger partial charge in [0.05, 0.1) is 5.69 Å². The number of aromatic hydroxyl groups is 1. The highest BCUT2D eigenvalue weighted by Gasteiger charge is 2.13. The van der Waals surface area contributed by atoms with Gasteiger partial charge in [-0.3, -0.25) is 4.99 Å². The van der Waals surface area contributed by atoms with E-state index in [0.717, 1.165) is 61.2 Å². The quantitative estimate of drug-likeness (QED) is 0.269. The molecule has 0 aromatic heterocycles. The minimum atomic E-state index is 0.280. The van der Waals surface area contributed by atoms with Crippen molar-refractivity contribution in [2.75, 3.05) is 5.73 Å². The van der Waals surface area contributed by atoms with E-state index >= 15 is 0 Å².